The van der Waals surface area contributed by atoms with Crippen LogP contribution in [0, 0.1) is 0 Å². The molecule has 0 amide bonds. The second-order valence-corrected chi connectivity index (χ2v) is 7.53. The van der Waals surface area contributed by atoms with E-state index in [0.29, 0.717) is 0 Å². The minimum Gasteiger partial charge on any atom is -0.323 e. The lowest BCUT2D eigenvalue weighted by Gasteiger charge is -2.38. The van der Waals surface area contributed by atoms with Crippen molar-refractivity contribution in [1.82, 2.24) is 4.90 Å². The molecule has 130 valence electrons. The molecule has 2 heterocycles. The number of rotatable bonds is 3. The molecule has 0 spiro atoms. The highest BCUT2D eigenvalue weighted by molar-refractivity contribution is 5.97. The summed E-state index contributed by atoms with van der Waals surface area (Å²) in [7, 11) is 0. The molecule has 3 nitrogen and oxygen atoms in total. The number of aliphatic imine (C=N–C) groups is 1. The standard InChI is InChI=1S/C23H23N3/c24-23(14-6-15-23)19-12-10-17(11-13-19)21-22(18-7-2-1-3-8-18)26-16-5-4-9-20(26)25-21/h1-5,7-13,16,21-22H,6,14-15,24H2. The minimum absolute atomic E-state index is 0.0870. The summed E-state index contributed by atoms with van der Waals surface area (Å²) in [6.45, 7) is 0. The van der Waals surface area contributed by atoms with Gasteiger partial charge in [-0.15, -0.1) is 0 Å². The van der Waals surface area contributed by atoms with Gasteiger partial charge in [0.25, 0.3) is 0 Å². The second kappa shape index (κ2) is 5.96. The van der Waals surface area contributed by atoms with Gasteiger partial charge in [-0.25, -0.2) is 0 Å². The summed E-state index contributed by atoms with van der Waals surface area (Å²) in [5, 5.41) is 0. The number of nitrogens with two attached hydrogens (primary N) is 1. The van der Waals surface area contributed by atoms with Gasteiger partial charge in [-0.3, -0.25) is 4.99 Å². The van der Waals surface area contributed by atoms with Crippen LogP contribution in [0.1, 0.15) is 48.0 Å². The smallest absolute Gasteiger partial charge is 0.128 e. The van der Waals surface area contributed by atoms with Crippen molar-refractivity contribution in [2.24, 2.45) is 10.7 Å². The van der Waals surface area contributed by atoms with E-state index >= 15 is 0 Å². The summed E-state index contributed by atoms with van der Waals surface area (Å²) in [4.78, 5) is 7.32. The predicted molar refractivity (Wildman–Crippen MR) is 106 cm³/mol. The Morgan fingerprint density at radius 3 is 2.38 bits per heavy atom. The first kappa shape index (κ1) is 15.6. The molecule has 26 heavy (non-hydrogen) atoms. The van der Waals surface area contributed by atoms with E-state index in [9.17, 15) is 0 Å². The van der Waals surface area contributed by atoms with Crippen LogP contribution >= 0.6 is 0 Å². The lowest BCUT2D eigenvalue weighted by atomic mass is 9.72. The summed E-state index contributed by atoms with van der Waals surface area (Å²) in [6, 6.07) is 19.8. The van der Waals surface area contributed by atoms with Gasteiger partial charge in [-0.1, -0.05) is 60.7 Å². The minimum atomic E-state index is -0.109. The van der Waals surface area contributed by atoms with E-state index in [1.165, 1.54) is 23.1 Å². The third-order valence-electron chi connectivity index (χ3n) is 5.95. The quantitative estimate of drug-likeness (QED) is 0.886. The van der Waals surface area contributed by atoms with E-state index in [-0.39, 0.29) is 17.6 Å². The van der Waals surface area contributed by atoms with Gasteiger partial charge in [0.1, 0.15) is 11.9 Å². The largest absolute Gasteiger partial charge is 0.323 e. The third kappa shape index (κ3) is 2.43. The van der Waals surface area contributed by atoms with E-state index in [0.717, 1.165) is 18.7 Å². The summed E-state index contributed by atoms with van der Waals surface area (Å²) >= 11 is 0. The van der Waals surface area contributed by atoms with Crippen LogP contribution in [0.2, 0.25) is 0 Å². The van der Waals surface area contributed by atoms with Crippen LogP contribution < -0.4 is 5.73 Å². The summed E-state index contributed by atoms with van der Waals surface area (Å²) in [6.07, 6.45) is 11.8. The molecule has 1 saturated carbocycles. The molecule has 3 aliphatic rings. The van der Waals surface area contributed by atoms with Crippen molar-refractivity contribution in [3.63, 3.8) is 0 Å². The Bertz CT molecular complexity index is 889. The molecule has 0 saturated heterocycles. The zero-order chi connectivity index (χ0) is 17.6. The number of allylic oxidation sites excluding steroid dienone is 2. The number of hydrogen-bond acceptors (Lipinski definition) is 3. The molecule has 2 aromatic rings. The molecular weight excluding hydrogens is 318 g/mol. The molecule has 0 bridgehead atoms. The number of benzene rings is 2. The Labute approximate surface area is 154 Å². The highest BCUT2D eigenvalue weighted by atomic mass is 15.3. The van der Waals surface area contributed by atoms with Gasteiger partial charge in [-0.2, -0.15) is 0 Å². The van der Waals surface area contributed by atoms with Gasteiger partial charge in [-0.05, 0) is 48.1 Å². The number of fused-ring (bicyclic) bond motifs is 1. The molecule has 2 unspecified atom stereocenters. The Balaban J connectivity index is 1.52. The molecule has 5 rings (SSSR count). The molecule has 3 heteroatoms. The van der Waals surface area contributed by atoms with E-state index in [2.05, 4.69) is 83.9 Å². The van der Waals surface area contributed by atoms with E-state index in [1.54, 1.807) is 0 Å². The number of hydrogen-bond donors (Lipinski definition) is 1. The molecule has 2 aromatic carbocycles. The first-order valence-corrected chi connectivity index (χ1v) is 9.40. The topological polar surface area (TPSA) is 41.6 Å². The van der Waals surface area contributed by atoms with Crippen molar-refractivity contribution in [2.75, 3.05) is 0 Å². The van der Waals surface area contributed by atoms with Crippen LogP contribution in [0.4, 0.5) is 0 Å². The normalized spacial score (nSPS) is 25.6. The summed E-state index contributed by atoms with van der Waals surface area (Å²) < 4.78 is 0. The van der Waals surface area contributed by atoms with Crippen molar-refractivity contribution in [1.29, 1.82) is 0 Å². The van der Waals surface area contributed by atoms with Gasteiger partial charge >= 0.3 is 0 Å². The maximum absolute atomic E-state index is 6.49. The molecule has 1 fully saturated rings. The van der Waals surface area contributed by atoms with Gasteiger partial charge in [0.2, 0.25) is 0 Å². The van der Waals surface area contributed by atoms with Crippen LogP contribution in [0.3, 0.4) is 0 Å². The zero-order valence-electron chi connectivity index (χ0n) is 14.8. The van der Waals surface area contributed by atoms with Gasteiger partial charge in [0.15, 0.2) is 0 Å². The fourth-order valence-electron chi connectivity index (χ4n) is 4.27. The van der Waals surface area contributed by atoms with Crippen LogP contribution in [-0.4, -0.2) is 10.7 Å². The molecule has 2 N–H and O–H groups in total. The van der Waals surface area contributed by atoms with Crippen molar-refractivity contribution in [3.05, 3.63) is 95.7 Å². The van der Waals surface area contributed by atoms with Crippen LogP contribution in [-0.2, 0) is 5.54 Å². The van der Waals surface area contributed by atoms with E-state index in [1.807, 2.05) is 0 Å². The molecule has 1 aliphatic carbocycles. The van der Waals surface area contributed by atoms with Crippen molar-refractivity contribution in [2.45, 2.75) is 36.9 Å². The number of amidine groups is 1. The van der Waals surface area contributed by atoms with E-state index in [4.69, 9.17) is 10.7 Å². The van der Waals surface area contributed by atoms with E-state index < -0.39 is 0 Å². The first-order chi connectivity index (χ1) is 12.7. The lowest BCUT2D eigenvalue weighted by molar-refractivity contribution is 0.253. The second-order valence-electron chi connectivity index (χ2n) is 7.53. The highest BCUT2D eigenvalue weighted by Crippen LogP contribution is 2.44. The third-order valence-corrected chi connectivity index (χ3v) is 5.95. The Hall–Kier alpha value is -2.65. The zero-order valence-corrected chi connectivity index (χ0v) is 14.8. The Kier molecular flexibility index (Phi) is 3.57. The fraction of sp³-hybridized carbons (Fsp3) is 0.261. The highest BCUT2D eigenvalue weighted by Gasteiger charge is 2.38. The van der Waals surface area contributed by atoms with Crippen LogP contribution in [0.5, 0.6) is 0 Å². The molecule has 0 radical (unpaired) electrons. The molecule has 2 atom stereocenters. The Morgan fingerprint density at radius 1 is 0.923 bits per heavy atom. The van der Waals surface area contributed by atoms with Gasteiger partial charge in [0, 0.05) is 11.7 Å². The van der Waals surface area contributed by atoms with Gasteiger partial charge in [0.05, 0.1) is 6.04 Å². The average Bonchev–Trinajstić information content (AvgIpc) is 3.06. The van der Waals surface area contributed by atoms with Crippen LogP contribution in [0.25, 0.3) is 0 Å². The summed E-state index contributed by atoms with van der Waals surface area (Å²) in [5.74, 6) is 1.03. The van der Waals surface area contributed by atoms with Crippen molar-refractivity contribution in [3.8, 4) is 0 Å². The maximum Gasteiger partial charge on any atom is 0.128 e. The first-order valence-electron chi connectivity index (χ1n) is 9.40. The van der Waals surface area contributed by atoms with Crippen molar-refractivity contribution >= 4 is 5.84 Å². The lowest BCUT2D eigenvalue weighted by Crippen LogP contribution is -2.43. The number of nitrogens with zero attached hydrogens (tertiary/aromatic N) is 2. The van der Waals surface area contributed by atoms with Gasteiger partial charge < -0.3 is 10.6 Å². The molecule has 2 aliphatic heterocycles. The van der Waals surface area contributed by atoms with Crippen LogP contribution in [0.15, 0.2) is 84.0 Å². The summed E-state index contributed by atoms with van der Waals surface area (Å²) in [5.41, 5.74) is 10.2. The molecular formula is C23H23N3. The predicted octanol–water partition coefficient (Wildman–Crippen LogP) is 4.60. The van der Waals surface area contributed by atoms with Crippen molar-refractivity contribution < 1.29 is 0 Å². The Morgan fingerprint density at radius 2 is 1.69 bits per heavy atom. The average molecular weight is 341 g/mol. The molecule has 0 aromatic heterocycles. The SMILES string of the molecule is NC1(c2ccc(C3N=C4C=CC=CN4C3c3ccccc3)cc2)CCC1. The fourth-order valence-corrected chi connectivity index (χ4v) is 4.27. The maximum atomic E-state index is 6.49. The monoisotopic (exact) mass is 341 g/mol.